The Morgan fingerprint density at radius 2 is 1.64 bits per heavy atom. The third-order valence-electron chi connectivity index (χ3n) is 3.76. The summed E-state index contributed by atoms with van der Waals surface area (Å²) < 4.78 is 39.7. The molecule has 0 unspecified atom stereocenters. The molecule has 0 saturated carbocycles. The maximum absolute atomic E-state index is 12.8. The SMILES string of the molecule is Cc1nn(-c2ccccc2)c(-c2ccc(C(F)(F)F)cc2)c1C(=O)O. The number of halogens is 3. The van der Waals surface area contributed by atoms with Gasteiger partial charge in [0.1, 0.15) is 5.56 Å². The number of hydrogen-bond donors (Lipinski definition) is 1. The largest absolute Gasteiger partial charge is 0.478 e. The van der Waals surface area contributed by atoms with Crippen LogP contribution < -0.4 is 0 Å². The number of aromatic nitrogens is 2. The summed E-state index contributed by atoms with van der Waals surface area (Å²) in [5, 5.41) is 13.8. The number of rotatable bonds is 3. The van der Waals surface area contributed by atoms with Crippen molar-refractivity contribution in [2.24, 2.45) is 0 Å². The van der Waals surface area contributed by atoms with Gasteiger partial charge in [-0.1, -0.05) is 30.3 Å². The van der Waals surface area contributed by atoms with Gasteiger partial charge in [-0.25, -0.2) is 9.48 Å². The molecule has 4 nitrogen and oxygen atoms in total. The number of carboxylic acid groups (broad SMARTS) is 1. The normalized spacial score (nSPS) is 11.5. The zero-order valence-electron chi connectivity index (χ0n) is 13.1. The predicted octanol–water partition coefficient (Wildman–Crippen LogP) is 4.56. The van der Waals surface area contributed by atoms with E-state index in [1.165, 1.54) is 16.8 Å². The van der Waals surface area contributed by atoms with Gasteiger partial charge in [-0.05, 0) is 31.2 Å². The number of aryl methyl sites for hydroxylation is 1. The van der Waals surface area contributed by atoms with Gasteiger partial charge in [0, 0.05) is 5.56 Å². The number of alkyl halides is 3. The first-order valence-corrected chi connectivity index (χ1v) is 7.35. The molecule has 2 aromatic carbocycles. The van der Waals surface area contributed by atoms with E-state index in [2.05, 4.69) is 5.10 Å². The quantitative estimate of drug-likeness (QED) is 0.756. The summed E-state index contributed by atoms with van der Waals surface area (Å²) in [6.07, 6.45) is -4.45. The second-order valence-electron chi connectivity index (χ2n) is 5.44. The average molecular weight is 346 g/mol. The molecule has 1 N–H and O–H groups in total. The number of carboxylic acids is 1. The van der Waals surface area contributed by atoms with Gasteiger partial charge in [-0.2, -0.15) is 18.3 Å². The molecule has 0 radical (unpaired) electrons. The topological polar surface area (TPSA) is 55.1 Å². The molecule has 0 saturated heterocycles. The lowest BCUT2D eigenvalue weighted by Gasteiger charge is -2.11. The van der Waals surface area contributed by atoms with Gasteiger partial charge >= 0.3 is 12.1 Å². The monoisotopic (exact) mass is 346 g/mol. The molecule has 1 aromatic heterocycles. The Bertz CT molecular complexity index is 914. The molecule has 0 bridgehead atoms. The Labute approximate surface area is 141 Å². The Balaban J connectivity index is 2.22. The van der Waals surface area contributed by atoms with Crippen molar-refractivity contribution in [1.82, 2.24) is 9.78 Å². The molecule has 0 fully saturated rings. The lowest BCUT2D eigenvalue weighted by molar-refractivity contribution is -0.137. The molecule has 25 heavy (non-hydrogen) atoms. The maximum atomic E-state index is 12.8. The van der Waals surface area contributed by atoms with Gasteiger partial charge in [-0.15, -0.1) is 0 Å². The molecule has 3 rings (SSSR count). The number of hydrogen-bond acceptors (Lipinski definition) is 2. The number of aromatic carboxylic acids is 1. The summed E-state index contributed by atoms with van der Waals surface area (Å²) >= 11 is 0. The predicted molar refractivity (Wildman–Crippen MR) is 85.7 cm³/mol. The van der Waals surface area contributed by atoms with Gasteiger partial charge in [-0.3, -0.25) is 0 Å². The first-order chi connectivity index (χ1) is 11.8. The number of para-hydroxylation sites is 1. The molecule has 1 heterocycles. The smallest absolute Gasteiger partial charge is 0.416 e. The van der Waals surface area contributed by atoms with E-state index in [9.17, 15) is 23.1 Å². The molecule has 128 valence electrons. The van der Waals surface area contributed by atoms with Crippen LogP contribution in [0.1, 0.15) is 21.6 Å². The van der Waals surface area contributed by atoms with E-state index in [1.54, 1.807) is 37.3 Å². The second kappa shape index (κ2) is 6.08. The van der Waals surface area contributed by atoms with Crippen LogP contribution in [-0.4, -0.2) is 20.9 Å². The van der Waals surface area contributed by atoms with Gasteiger partial charge < -0.3 is 5.11 Å². The lowest BCUT2D eigenvalue weighted by atomic mass is 10.0. The van der Waals surface area contributed by atoms with Crippen LogP contribution in [0.25, 0.3) is 16.9 Å². The van der Waals surface area contributed by atoms with Gasteiger partial charge in [0.2, 0.25) is 0 Å². The summed E-state index contributed by atoms with van der Waals surface area (Å²) in [4.78, 5) is 11.7. The molecule has 7 heteroatoms. The molecule has 0 aliphatic rings. The van der Waals surface area contributed by atoms with Crippen LogP contribution in [0.15, 0.2) is 54.6 Å². The molecule has 3 aromatic rings. The second-order valence-corrected chi connectivity index (χ2v) is 5.44. The highest BCUT2D eigenvalue weighted by molar-refractivity contribution is 5.96. The fourth-order valence-electron chi connectivity index (χ4n) is 2.62. The first-order valence-electron chi connectivity index (χ1n) is 7.35. The standard InChI is InChI=1S/C18H13F3N2O2/c1-11-15(17(24)25)16(23(22-11)14-5-3-2-4-6-14)12-7-9-13(10-8-12)18(19,20)21/h2-10H,1H3,(H,24,25). The Kier molecular flexibility index (Phi) is 4.08. The van der Waals surface area contributed by atoms with Crippen LogP contribution in [0.5, 0.6) is 0 Å². The zero-order valence-corrected chi connectivity index (χ0v) is 13.1. The molecule has 0 amide bonds. The fourth-order valence-corrected chi connectivity index (χ4v) is 2.62. The van der Waals surface area contributed by atoms with Crippen LogP contribution in [-0.2, 0) is 6.18 Å². The summed E-state index contributed by atoms with van der Waals surface area (Å²) in [6.45, 7) is 1.55. The molecule has 0 spiro atoms. The molecule has 0 aliphatic carbocycles. The van der Waals surface area contributed by atoms with Gasteiger partial charge in [0.25, 0.3) is 0 Å². The van der Waals surface area contributed by atoms with Crippen molar-refractivity contribution in [2.75, 3.05) is 0 Å². The van der Waals surface area contributed by atoms with E-state index in [0.717, 1.165) is 12.1 Å². The van der Waals surface area contributed by atoms with E-state index in [4.69, 9.17) is 0 Å². The summed E-state index contributed by atoms with van der Waals surface area (Å²) in [5.41, 5.74) is 0.651. The van der Waals surface area contributed by atoms with Crippen LogP contribution in [0.2, 0.25) is 0 Å². The summed E-state index contributed by atoms with van der Waals surface area (Å²) in [7, 11) is 0. The number of nitrogens with zero attached hydrogens (tertiary/aromatic N) is 2. The van der Waals surface area contributed by atoms with Crippen molar-refractivity contribution in [2.45, 2.75) is 13.1 Å². The Morgan fingerprint density at radius 3 is 2.16 bits per heavy atom. The number of carbonyl (C=O) groups is 1. The first kappa shape index (κ1) is 16.8. The van der Waals surface area contributed by atoms with Crippen LogP contribution in [0, 0.1) is 6.92 Å². The van der Waals surface area contributed by atoms with E-state index >= 15 is 0 Å². The minimum Gasteiger partial charge on any atom is -0.478 e. The van der Waals surface area contributed by atoms with E-state index in [-0.39, 0.29) is 17.0 Å². The van der Waals surface area contributed by atoms with Gasteiger partial charge in [0.05, 0.1) is 22.6 Å². The molecular formula is C18H13F3N2O2. The van der Waals surface area contributed by atoms with Crippen molar-refractivity contribution >= 4 is 5.97 Å². The highest BCUT2D eigenvalue weighted by Crippen LogP contribution is 2.33. The molecule has 0 aliphatic heterocycles. The minimum atomic E-state index is -4.45. The van der Waals surface area contributed by atoms with Crippen molar-refractivity contribution in [3.8, 4) is 16.9 Å². The Hall–Kier alpha value is -3.09. The fraction of sp³-hybridized carbons (Fsp3) is 0.111. The molecular weight excluding hydrogens is 333 g/mol. The van der Waals surface area contributed by atoms with Crippen LogP contribution in [0.4, 0.5) is 13.2 Å². The Morgan fingerprint density at radius 1 is 1.04 bits per heavy atom. The zero-order chi connectivity index (χ0) is 18.2. The third-order valence-corrected chi connectivity index (χ3v) is 3.76. The highest BCUT2D eigenvalue weighted by Gasteiger charge is 2.30. The maximum Gasteiger partial charge on any atom is 0.416 e. The molecule has 0 atom stereocenters. The average Bonchev–Trinajstić information content (AvgIpc) is 2.92. The van der Waals surface area contributed by atoms with E-state index in [0.29, 0.717) is 11.3 Å². The van der Waals surface area contributed by atoms with Crippen LogP contribution in [0.3, 0.4) is 0 Å². The van der Waals surface area contributed by atoms with E-state index in [1.807, 2.05) is 0 Å². The number of benzene rings is 2. The third kappa shape index (κ3) is 3.13. The highest BCUT2D eigenvalue weighted by atomic mass is 19.4. The van der Waals surface area contributed by atoms with Crippen molar-refractivity contribution in [3.63, 3.8) is 0 Å². The summed E-state index contributed by atoms with van der Waals surface area (Å²) in [6, 6.07) is 13.2. The lowest BCUT2D eigenvalue weighted by Crippen LogP contribution is -2.06. The van der Waals surface area contributed by atoms with Crippen molar-refractivity contribution in [3.05, 3.63) is 71.4 Å². The minimum absolute atomic E-state index is 0.0383. The van der Waals surface area contributed by atoms with E-state index < -0.39 is 17.7 Å². The van der Waals surface area contributed by atoms with Crippen molar-refractivity contribution < 1.29 is 23.1 Å². The summed E-state index contributed by atoms with van der Waals surface area (Å²) in [5.74, 6) is -1.19. The van der Waals surface area contributed by atoms with Crippen molar-refractivity contribution in [1.29, 1.82) is 0 Å². The van der Waals surface area contributed by atoms with Crippen LogP contribution >= 0.6 is 0 Å². The van der Waals surface area contributed by atoms with Gasteiger partial charge in [0.15, 0.2) is 0 Å².